The lowest BCUT2D eigenvalue weighted by Crippen LogP contribution is -2.14. The fourth-order valence-corrected chi connectivity index (χ4v) is 4.50. The maximum Gasteiger partial charge on any atom is 0.273 e. The van der Waals surface area contributed by atoms with Crippen molar-refractivity contribution in [1.29, 1.82) is 0 Å². The summed E-state index contributed by atoms with van der Waals surface area (Å²) >= 11 is 4.76. The second-order valence-corrected chi connectivity index (χ2v) is 9.03. The molecule has 1 amide bonds. The summed E-state index contributed by atoms with van der Waals surface area (Å²) in [7, 11) is 0. The molecule has 0 fully saturated rings. The summed E-state index contributed by atoms with van der Waals surface area (Å²) in [6.07, 6.45) is 1.48. The Labute approximate surface area is 204 Å². The molecule has 0 bridgehead atoms. The highest BCUT2D eigenvalue weighted by atomic mass is 79.9. The van der Waals surface area contributed by atoms with E-state index in [1.165, 1.54) is 36.3 Å². The maximum atomic E-state index is 12.8. The molecule has 0 unspecified atom stereocenters. The first kappa shape index (κ1) is 22.0. The van der Waals surface area contributed by atoms with Crippen molar-refractivity contribution in [2.45, 2.75) is 5.03 Å². The zero-order valence-corrected chi connectivity index (χ0v) is 19.7. The van der Waals surface area contributed by atoms with E-state index < -0.39 is 4.92 Å². The number of nitro benzene ring substituents is 1. The SMILES string of the molecule is O=C(CSc1ncnc2ccc(Br)cc12)Nc1ccccc1-c1nc2ccc([N+](=O)[O-])cc2o1. The van der Waals surface area contributed by atoms with Crippen LogP contribution in [-0.4, -0.2) is 31.5 Å². The molecule has 1 N–H and O–H groups in total. The number of hydrogen-bond donors (Lipinski definition) is 1. The minimum atomic E-state index is -0.493. The van der Waals surface area contributed by atoms with Gasteiger partial charge in [-0.05, 0) is 36.4 Å². The van der Waals surface area contributed by atoms with E-state index in [1.807, 2.05) is 18.2 Å². The zero-order chi connectivity index (χ0) is 23.7. The average Bonchev–Trinajstić information content (AvgIpc) is 3.26. The summed E-state index contributed by atoms with van der Waals surface area (Å²) in [5.41, 5.74) is 2.57. The Bertz CT molecular complexity index is 1570. The number of nitro groups is 1. The molecule has 0 aliphatic heterocycles. The molecule has 5 rings (SSSR count). The lowest BCUT2D eigenvalue weighted by Gasteiger charge is -2.09. The normalized spacial score (nSPS) is 11.1. The van der Waals surface area contributed by atoms with Gasteiger partial charge in [0.2, 0.25) is 11.8 Å². The Morgan fingerprint density at radius 1 is 1.09 bits per heavy atom. The summed E-state index contributed by atoms with van der Waals surface area (Å²) in [6.45, 7) is 0. The van der Waals surface area contributed by atoms with Crippen molar-refractivity contribution in [3.8, 4) is 11.5 Å². The Hall–Kier alpha value is -3.83. The molecule has 0 atom stereocenters. The standard InChI is InChI=1S/C23H14BrN5O4S/c24-13-5-7-17-16(9-13)23(26-12-25-17)34-11-21(30)27-18-4-2-1-3-15(18)22-28-19-8-6-14(29(31)32)10-20(19)33-22/h1-10,12H,11H2,(H,27,30). The van der Waals surface area contributed by atoms with Crippen LogP contribution in [0.2, 0.25) is 0 Å². The number of nitrogens with zero attached hydrogens (tertiary/aromatic N) is 4. The smallest absolute Gasteiger partial charge is 0.273 e. The minimum Gasteiger partial charge on any atom is -0.436 e. The van der Waals surface area contributed by atoms with Crippen LogP contribution in [0.15, 0.2) is 80.9 Å². The molecule has 0 aliphatic rings. The van der Waals surface area contributed by atoms with Gasteiger partial charge in [-0.3, -0.25) is 14.9 Å². The Kier molecular flexibility index (Phi) is 5.95. The van der Waals surface area contributed by atoms with Crippen LogP contribution < -0.4 is 5.32 Å². The van der Waals surface area contributed by atoms with Crippen molar-refractivity contribution >= 4 is 67.0 Å². The lowest BCUT2D eigenvalue weighted by molar-refractivity contribution is -0.384. The van der Waals surface area contributed by atoms with Crippen LogP contribution in [0.5, 0.6) is 0 Å². The van der Waals surface area contributed by atoms with E-state index in [-0.39, 0.29) is 23.2 Å². The van der Waals surface area contributed by atoms with Gasteiger partial charge in [-0.25, -0.2) is 15.0 Å². The van der Waals surface area contributed by atoms with Gasteiger partial charge >= 0.3 is 0 Å². The number of fused-ring (bicyclic) bond motifs is 2. The molecular weight excluding hydrogens is 522 g/mol. The largest absolute Gasteiger partial charge is 0.436 e. The number of benzene rings is 3. The molecule has 0 saturated heterocycles. The molecule has 0 radical (unpaired) electrons. The van der Waals surface area contributed by atoms with E-state index in [0.29, 0.717) is 27.4 Å². The van der Waals surface area contributed by atoms with Crippen molar-refractivity contribution in [2.75, 3.05) is 11.1 Å². The predicted molar refractivity (Wildman–Crippen MR) is 133 cm³/mol. The van der Waals surface area contributed by atoms with Gasteiger partial charge in [0.1, 0.15) is 16.9 Å². The monoisotopic (exact) mass is 535 g/mol. The zero-order valence-electron chi connectivity index (χ0n) is 17.3. The van der Waals surface area contributed by atoms with E-state index in [9.17, 15) is 14.9 Å². The second-order valence-electron chi connectivity index (χ2n) is 7.15. The van der Waals surface area contributed by atoms with E-state index in [4.69, 9.17) is 4.42 Å². The quantitative estimate of drug-likeness (QED) is 0.124. The minimum absolute atomic E-state index is 0.0851. The first-order valence-corrected chi connectivity index (χ1v) is 11.7. The van der Waals surface area contributed by atoms with Crippen molar-refractivity contribution in [3.63, 3.8) is 0 Å². The van der Waals surface area contributed by atoms with Gasteiger partial charge in [-0.1, -0.05) is 39.8 Å². The van der Waals surface area contributed by atoms with E-state index in [1.54, 1.807) is 24.3 Å². The van der Waals surface area contributed by atoms with Crippen LogP contribution in [0, 0.1) is 10.1 Å². The van der Waals surface area contributed by atoms with E-state index in [2.05, 4.69) is 36.2 Å². The van der Waals surface area contributed by atoms with Crippen molar-refractivity contribution in [1.82, 2.24) is 15.0 Å². The summed E-state index contributed by atoms with van der Waals surface area (Å²) in [4.78, 5) is 36.3. The summed E-state index contributed by atoms with van der Waals surface area (Å²) in [5, 5.41) is 15.5. The van der Waals surface area contributed by atoms with Gasteiger partial charge in [-0.2, -0.15) is 0 Å². The van der Waals surface area contributed by atoms with Gasteiger partial charge in [0.25, 0.3) is 5.69 Å². The third kappa shape index (κ3) is 4.47. The number of hydrogen-bond acceptors (Lipinski definition) is 8. The Morgan fingerprint density at radius 3 is 2.76 bits per heavy atom. The molecule has 34 heavy (non-hydrogen) atoms. The number of oxazole rings is 1. The predicted octanol–water partition coefficient (Wildman–Crippen LogP) is 5.84. The molecule has 2 heterocycles. The molecule has 0 saturated carbocycles. The number of halogens is 1. The first-order valence-electron chi connectivity index (χ1n) is 9.95. The topological polar surface area (TPSA) is 124 Å². The third-order valence-corrected chi connectivity index (χ3v) is 6.41. The highest BCUT2D eigenvalue weighted by molar-refractivity contribution is 9.10. The number of thioether (sulfide) groups is 1. The van der Waals surface area contributed by atoms with Crippen LogP contribution in [0.3, 0.4) is 0 Å². The number of carbonyl (C=O) groups excluding carboxylic acids is 1. The van der Waals surface area contributed by atoms with Crippen LogP contribution >= 0.6 is 27.7 Å². The van der Waals surface area contributed by atoms with Gasteiger partial charge in [0, 0.05) is 15.9 Å². The molecule has 3 aromatic carbocycles. The van der Waals surface area contributed by atoms with Crippen LogP contribution in [0.4, 0.5) is 11.4 Å². The van der Waals surface area contributed by atoms with Crippen molar-refractivity contribution in [3.05, 3.63) is 81.6 Å². The van der Waals surface area contributed by atoms with E-state index >= 15 is 0 Å². The van der Waals surface area contributed by atoms with Crippen LogP contribution in [0.25, 0.3) is 33.5 Å². The number of para-hydroxylation sites is 1. The fourth-order valence-electron chi connectivity index (χ4n) is 3.36. The number of rotatable bonds is 6. The number of aromatic nitrogens is 3. The molecule has 2 aromatic heterocycles. The molecule has 168 valence electrons. The highest BCUT2D eigenvalue weighted by Gasteiger charge is 2.17. The molecule has 0 aliphatic carbocycles. The molecule has 0 spiro atoms. The maximum absolute atomic E-state index is 12.8. The van der Waals surface area contributed by atoms with Crippen molar-refractivity contribution < 1.29 is 14.1 Å². The fraction of sp³-hybridized carbons (Fsp3) is 0.0435. The van der Waals surface area contributed by atoms with Crippen molar-refractivity contribution in [2.24, 2.45) is 0 Å². The summed E-state index contributed by atoms with van der Waals surface area (Å²) in [5.74, 6) is 0.156. The summed E-state index contributed by atoms with van der Waals surface area (Å²) < 4.78 is 6.66. The van der Waals surface area contributed by atoms with E-state index in [0.717, 1.165) is 15.4 Å². The average molecular weight is 536 g/mol. The van der Waals surface area contributed by atoms with Crippen LogP contribution in [0.1, 0.15) is 0 Å². The summed E-state index contributed by atoms with van der Waals surface area (Å²) in [6, 6.07) is 17.0. The molecule has 11 heteroatoms. The highest BCUT2D eigenvalue weighted by Crippen LogP contribution is 2.32. The Balaban J connectivity index is 1.36. The lowest BCUT2D eigenvalue weighted by atomic mass is 10.2. The number of non-ortho nitro benzene ring substituents is 1. The second kappa shape index (κ2) is 9.20. The number of nitrogens with one attached hydrogen (secondary N) is 1. The molecule has 5 aromatic rings. The molecular formula is C23H14BrN5O4S. The third-order valence-electron chi connectivity index (χ3n) is 4.92. The number of amides is 1. The van der Waals surface area contributed by atoms with Crippen LogP contribution in [-0.2, 0) is 4.79 Å². The van der Waals surface area contributed by atoms with Gasteiger partial charge < -0.3 is 9.73 Å². The van der Waals surface area contributed by atoms with Gasteiger partial charge in [-0.15, -0.1) is 0 Å². The first-order chi connectivity index (χ1) is 16.5. The molecule has 9 nitrogen and oxygen atoms in total. The number of carbonyl (C=O) groups is 1. The Morgan fingerprint density at radius 2 is 1.91 bits per heavy atom. The van der Waals surface area contributed by atoms with Gasteiger partial charge in [0.15, 0.2) is 5.58 Å². The number of anilines is 1. The van der Waals surface area contributed by atoms with Gasteiger partial charge in [0.05, 0.1) is 33.5 Å².